The predicted molar refractivity (Wildman–Crippen MR) is 114 cm³/mol. The second kappa shape index (κ2) is 8.64. The molecular weight excluding hydrogens is 396 g/mol. The number of thiophene rings is 1. The minimum atomic E-state index is -1.03. The lowest BCUT2D eigenvalue weighted by molar-refractivity contribution is 0.0601. The number of rotatable bonds is 5. The van der Waals surface area contributed by atoms with Crippen molar-refractivity contribution in [2.24, 2.45) is 0 Å². The van der Waals surface area contributed by atoms with Gasteiger partial charge < -0.3 is 20.5 Å². The van der Waals surface area contributed by atoms with Crippen LogP contribution in [0, 0.1) is 0 Å². The van der Waals surface area contributed by atoms with Crippen molar-refractivity contribution in [1.29, 1.82) is 0 Å². The monoisotopic (exact) mass is 412 g/mol. The first-order valence-corrected chi connectivity index (χ1v) is 9.39. The van der Waals surface area contributed by atoms with Gasteiger partial charge in [0.1, 0.15) is 5.00 Å². The highest BCUT2D eigenvalue weighted by molar-refractivity contribution is 7.80. The number of carbonyl (C=O) groups is 2. The van der Waals surface area contributed by atoms with Crippen LogP contribution >= 0.6 is 23.6 Å². The molecule has 0 spiro atoms. The van der Waals surface area contributed by atoms with E-state index in [1.54, 1.807) is 18.2 Å². The van der Waals surface area contributed by atoms with Gasteiger partial charge in [0, 0.05) is 10.6 Å². The van der Waals surface area contributed by atoms with Crippen molar-refractivity contribution in [2.45, 2.75) is 0 Å². The van der Waals surface area contributed by atoms with E-state index in [4.69, 9.17) is 22.1 Å². The number of methoxy groups -OCH3 is 1. The number of nitrogens with one attached hydrogen (secondary N) is 2. The van der Waals surface area contributed by atoms with Gasteiger partial charge in [0.05, 0.1) is 18.2 Å². The molecule has 0 unspecified atom stereocenters. The minimum absolute atomic E-state index is 0.144. The predicted octanol–water partition coefficient (Wildman–Crippen LogP) is 4.71. The summed E-state index contributed by atoms with van der Waals surface area (Å²) in [6.07, 6.45) is 0. The van der Waals surface area contributed by atoms with Crippen LogP contribution in [0.2, 0.25) is 0 Å². The molecule has 1 aromatic heterocycles. The smallest absolute Gasteiger partial charge is 0.340 e. The first-order chi connectivity index (χ1) is 13.5. The lowest BCUT2D eigenvalue weighted by Crippen LogP contribution is -2.20. The molecule has 0 aliphatic carbocycles. The molecule has 0 atom stereocenters. The second-order valence-corrected chi connectivity index (χ2v) is 7.14. The normalized spacial score (nSPS) is 10.2. The first kappa shape index (κ1) is 19.5. The van der Waals surface area contributed by atoms with E-state index < -0.39 is 11.9 Å². The zero-order valence-electron chi connectivity index (χ0n) is 14.8. The van der Waals surface area contributed by atoms with Crippen LogP contribution in [0.5, 0.6) is 0 Å². The van der Waals surface area contributed by atoms with Crippen LogP contribution in [0.25, 0.3) is 10.4 Å². The van der Waals surface area contributed by atoms with Gasteiger partial charge in [-0.05, 0) is 42.0 Å². The zero-order valence-corrected chi connectivity index (χ0v) is 16.4. The van der Waals surface area contributed by atoms with Crippen LogP contribution in [0.3, 0.4) is 0 Å². The topological polar surface area (TPSA) is 87.7 Å². The van der Waals surface area contributed by atoms with Gasteiger partial charge in [-0.25, -0.2) is 9.59 Å². The third-order valence-electron chi connectivity index (χ3n) is 3.79. The Morgan fingerprint density at radius 2 is 1.79 bits per heavy atom. The molecule has 3 rings (SSSR count). The van der Waals surface area contributed by atoms with Crippen LogP contribution in [-0.2, 0) is 4.74 Å². The SMILES string of the molecule is COC(=O)c1cc(-c2ccccc2)sc1NC(=S)Nc1cccc(C(=O)O)c1. The van der Waals surface area contributed by atoms with E-state index >= 15 is 0 Å². The molecule has 3 N–H and O–H groups in total. The van der Waals surface area contributed by atoms with Gasteiger partial charge in [-0.1, -0.05) is 36.4 Å². The molecule has 0 radical (unpaired) electrons. The average molecular weight is 412 g/mol. The van der Waals surface area contributed by atoms with Gasteiger partial charge >= 0.3 is 11.9 Å². The highest BCUT2D eigenvalue weighted by Gasteiger charge is 2.18. The zero-order chi connectivity index (χ0) is 20.1. The molecule has 0 fully saturated rings. The fourth-order valence-corrected chi connectivity index (χ4v) is 3.83. The molecule has 28 heavy (non-hydrogen) atoms. The summed E-state index contributed by atoms with van der Waals surface area (Å²) in [4.78, 5) is 24.1. The van der Waals surface area contributed by atoms with Crippen molar-refractivity contribution in [1.82, 2.24) is 0 Å². The summed E-state index contributed by atoms with van der Waals surface area (Å²) in [5, 5.41) is 15.8. The number of carbonyl (C=O) groups excluding carboxylic acids is 1. The van der Waals surface area contributed by atoms with Crippen molar-refractivity contribution in [3.8, 4) is 10.4 Å². The molecule has 0 aliphatic heterocycles. The molecule has 0 aliphatic rings. The lowest BCUT2D eigenvalue weighted by Gasteiger charge is -2.10. The van der Waals surface area contributed by atoms with Crippen molar-refractivity contribution in [2.75, 3.05) is 17.7 Å². The van der Waals surface area contributed by atoms with Crippen LogP contribution < -0.4 is 10.6 Å². The maximum atomic E-state index is 12.2. The molecule has 2 aromatic carbocycles. The summed E-state index contributed by atoms with van der Waals surface area (Å²) in [5.41, 5.74) is 2.01. The number of hydrogen-bond acceptors (Lipinski definition) is 5. The van der Waals surface area contributed by atoms with Gasteiger partial charge in [-0.15, -0.1) is 11.3 Å². The fourth-order valence-electron chi connectivity index (χ4n) is 2.49. The quantitative estimate of drug-likeness (QED) is 0.413. The van der Waals surface area contributed by atoms with E-state index in [-0.39, 0.29) is 10.7 Å². The summed E-state index contributed by atoms with van der Waals surface area (Å²) in [6.45, 7) is 0. The van der Waals surface area contributed by atoms with E-state index in [0.717, 1.165) is 10.4 Å². The standard InChI is InChI=1S/C20H16N2O4S2/c1-26-19(25)15-11-16(12-6-3-2-4-7-12)28-17(15)22-20(27)21-14-9-5-8-13(10-14)18(23)24/h2-11H,1H3,(H,23,24)(H2,21,22,27). The van der Waals surface area contributed by atoms with E-state index in [1.807, 2.05) is 30.3 Å². The van der Waals surface area contributed by atoms with Crippen LogP contribution in [0.4, 0.5) is 10.7 Å². The van der Waals surface area contributed by atoms with E-state index in [9.17, 15) is 9.59 Å². The largest absolute Gasteiger partial charge is 0.478 e. The Bertz CT molecular complexity index is 1030. The molecule has 3 aromatic rings. The van der Waals surface area contributed by atoms with Gasteiger partial charge in [0.25, 0.3) is 0 Å². The van der Waals surface area contributed by atoms with Crippen LogP contribution in [0.15, 0.2) is 60.7 Å². The molecule has 142 valence electrons. The number of aromatic carboxylic acids is 1. The number of thiocarbonyl (C=S) groups is 1. The minimum Gasteiger partial charge on any atom is -0.478 e. The van der Waals surface area contributed by atoms with Crippen molar-refractivity contribution in [3.63, 3.8) is 0 Å². The summed E-state index contributed by atoms with van der Waals surface area (Å²) >= 11 is 6.69. The van der Waals surface area contributed by atoms with E-state index in [1.165, 1.54) is 30.6 Å². The summed E-state index contributed by atoms with van der Waals surface area (Å²) < 4.78 is 4.87. The highest BCUT2D eigenvalue weighted by atomic mass is 32.1. The lowest BCUT2D eigenvalue weighted by atomic mass is 10.1. The summed E-state index contributed by atoms with van der Waals surface area (Å²) in [5.74, 6) is -1.50. The van der Waals surface area contributed by atoms with Crippen molar-refractivity contribution in [3.05, 3.63) is 71.8 Å². The Morgan fingerprint density at radius 3 is 2.46 bits per heavy atom. The number of ether oxygens (including phenoxy) is 1. The van der Waals surface area contributed by atoms with Crippen LogP contribution in [-0.4, -0.2) is 29.3 Å². The van der Waals surface area contributed by atoms with E-state index in [0.29, 0.717) is 16.3 Å². The summed E-state index contributed by atoms with van der Waals surface area (Å²) in [6, 6.07) is 17.7. The Morgan fingerprint density at radius 1 is 1.04 bits per heavy atom. The van der Waals surface area contributed by atoms with Gasteiger partial charge in [0.2, 0.25) is 0 Å². The molecule has 0 amide bonds. The second-order valence-electron chi connectivity index (χ2n) is 5.68. The number of carboxylic acid groups (broad SMARTS) is 1. The number of benzene rings is 2. The average Bonchev–Trinajstić information content (AvgIpc) is 3.11. The highest BCUT2D eigenvalue weighted by Crippen LogP contribution is 2.36. The maximum absolute atomic E-state index is 12.2. The van der Waals surface area contributed by atoms with Gasteiger partial charge in [-0.2, -0.15) is 0 Å². The van der Waals surface area contributed by atoms with Gasteiger partial charge in [-0.3, -0.25) is 0 Å². The Labute approximate surface area is 170 Å². The van der Waals surface area contributed by atoms with Gasteiger partial charge in [0.15, 0.2) is 5.11 Å². The fraction of sp³-hybridized carbons (Fsp3) is 0.0500. The molecule has 8 heteroatoms. The van der Waals surface area contributed by atoms with E-state index in [2.05, 4.69) is 10.6 Å². The van der Waals surface area contributed by atoms with Crippen molar-refractivity contribution >= 4 is 51.3 Å². The number of hydrogen-bond donors (Lipinski definition) is 3. The first-order valence-electron chi connectivity index (χ1n) is 8.17. The Kier molecular flexibility index (Phi) is 6.03. The molecular formula is C20H16N2O4S2. The molecule has 0 saturated carbocycles. The van der Waals surface area contributed by atoms with Crippen molar-refractivity contribution < 1.29 is 19.4 Å². The maximum Gasteiger partial charge on any atom is 0.340 e. The molecule has 0 saturated heterocycles. The number of carboxylic acids is 1. The Balaban J connectivity index is 1.83. The van der Waals surface area contributed by atoms with Crippen LogP contribution in [0.1, 0.15) is 20.7 Å². The Hall–Kier alpha value is -3.23. The number of anilines is 2. The number of esters is 1. The summed E-state index contributed by atoms with van der Waals surface area (Å²) in [7, 11) is 1.32. The molecule has 1 heterocycles. The third kappa shape index (κ3) is 4.54. The molecule has 0 bridgehead atoms. The molecule has 6 nitrogen and oxygen atoms in total. The third-order valence-corrected chi connectivity index (χ3v) is 5.09.